The van der Waals surface area contributed by atoms with E-state index in [1.807, 2.05) is 36.4 Å². The second-order valence-corrected chi connectivity index (χ2v) is 6.46. The second kappa shape index (κ2) is 5.54. The van der Waals surface area contributed by atoms with Crippen LogP contribution >= 0.6 is 11.3 Å². The number of phenolic OH excluding ortho intramolecular Hbond substituents is 1. The molecule has 0 aliphatic rings. The van der Waals surface area contributed by atoms with Crippen molar-refractivity contribution in [1.29, 1.82) is 0 Å². The monoisotopic (exact) mass is 333 g/mol. The van der Waals surface area contributed by atoms with Crippen molar-refractivity contribution in [3.63, 3.8) is 0 Å². The van der Waals surface area contributed by atoms with Gasteiger partial charge in [0.15, 0.2) is 0 Å². The molecule has 0 radical (unpaired) electrons. The largest absolute Gasteiger partial charge is 0.508 e. The molecule has 2 heterocycles. The van der Waals surface area contributed by atoms with Gasteiger partial charge in [-0.3, -0.25) is 0 Å². The summed E-state index contributed by atoms with van der Waals surface area (Å²) >= 11 is 1.64. The summed E-state index contributed by atoms with van der Waals surface area (Å²) in [4.78, 5) is 4.38. The first-order valence-electron chi connectivity index (χ1n) is 7.44. The molecule has 4 nitrogen and oxygen atoms in total. The summed E-state index contributed by atoms with van der Waals surface area (Å²) in [6, 6.07) is 14.8. The van der Waals surface area contributed by atoms with Crippen LogP contribution in [0.4, 0.5) is 11.5 Å². The summed E-state index contributed by atoms with van der Waals surface area (Å²) < 4.78 is 1.08. The molecule has 0 spiro atoms. The molecule has 0 unspecified atom stereocenters. The van der Waals surface area contributed by atoms with Crippen LogP contribution in [0.1, 0.15) is 0 Å². The minimum atomic E-state index is 0.243. The van der Waals surface area contributed by atoms with E-state index < -0.39 is 0 Å². The van der Waals surface area contributed by atoms with Gasteiger partial charge in [0.05, 0.1) is 0 Å². The standard InChI is InChI=1S/C19H15N3OS/c20-13-5-1-12(2-6-13)16-10-24-18-15(9-22-19(21)17(16)18)11-3-7-14(23)8-4-11/h1-10,23H,20H2,(H2,21,22). The molecule has 0 atom stereocenters. The van der Waals surface area contributed by atoms with Crippen LogP contribution in [0.25, 0.3) is 32.3 Å². The molecule has 24 heavy (non-hydrogen) atoms. The average Bonchev–Trinajstić information content (AvgIpc) is 3.03. The van der Waals surface area contributed by atoms with E-state index in [0.717, 1.165) is 38.0 Å². The van der Waals surface area contributed by atoms with Gasteiger partial charge in [-0.25, -0.2) is 4.98 Å². The summed E-state index contributed by atoms with van der Waals surface area (Å²) in [6.07, 6.45) is 1.79. The van der Waals surface area contributed by atoms with Crippen molar-refractivity contribution in [3.8, 4) is 28.0 Å². The number of hydrogen-bond acceptors (Lipinski definition) is 5. The van der Waals surface area contributed by atoms with Crippen LogP contribution in [-0.2, 0) is 0 Å². The van der Waals surface area contributed by atoms with E-state index in [0.29, 0.717) is 5.82 Å². The molecule has 0 fully saturated rings. The Hall–Kier alpha value is -3.05. The molecule has 0 aliphatic carbocycles. The topological polar surface area (TPSA) is 85.2 Å². The van der Waals surface area contributed by atoms with Crippen molar-refractivity contribution >= 4 is 32.9 Å². The highest BCUT2D eigenvalue weighted by Gasteiger charge is 2.15. The van der Waals surface area contributed by atoms with Gasteiger partial charge in [-0.05, 0) is 40.8 Å². The van der Waals surface area contributed by atoms with E-state index in [4.69, 9.17) is 11.5 Å². The summed E-state index contributed by atoms with van der Waals surface area (Å²) in [6.45, 7) is 0. The maximum atomic E-state index is 9.49. The van der Waals surface area contributed by atoms with E-state index in [1.54, 1.807) is 29.7 Å². The number of anilines is 2. The molecule has 2 aromatic carbocycles. The molecular weight excluding hydrogens is 318 g/mol. The lowest BCUT2D eigenvalue weighted by atomic mass is 10.0. The molecule has 0 saturated heterocycles. The number of nitrogen functional groups attached to an aromatic ring is 2. The number of phenols is 1. The van der Waals surface area contributed by atoms with E-state index >= 15 is 0 Å². The molecule has 0 bridgehead atoms. The molecule has 4 aromatic rings. The molecule has 0 saturated carbocycles. The van der Waals surface area contributed by atoms with E-state index in [1.165, 1.54) is 0 Å². The third kappa shape index (κ3) is 2.35. The van der Waals surface area contributed by atoms with Gasteiger partial charge in [0.1, 0.15) is 11.6 Å². The van der Waals surface area contributed by atoms with Crippen molar-refractivity contribution in [2.45, 2.75) is 0 Å². The van der Waals surface area contributed by atoms with Crippen LogP contribution in [0.2, 0.25) is 0 Å². The van der Waals surface area contributed by atoms with Gasteiger partial charge < -0.3 is 16.6 Å². The van der Waals surface area contributed by atoms with Gasteiger partial charge in [-0.1, -0.05) is 24.3 Å². The van der Waals surface area contributed by atoms with Crippen LogP contribution in [0.5, 0.6) is 5.75 Å². The first-order chi connectivity index (χ1) is 11.6. The zero-order valence-corrected chi connectivity index (χ0v) is 13.5. The number of rotatable bonds is 2. The number of pyridine rings is 1. The summed E-state index contributed by atoms with van der Waals surface area (Å²) in [5, 5.41) is 12.5. The fourth-order valence-electron chi connectivity index (χ4n) is 2.79. The van der Waals surface area contributed by atoms with Gasteiger partial charge in [0.2, 0.25) is 0 Å². The number of nitrogens with two attached hydrogens (primary N) is 2. The third-order valence-electron chi connectivity index (χ3n) is 4.02. The number of aromatic hydroxyl groups is 1. The van der Waals surface area contributed by atoms with Crippen LogP contribution in [0.15, 0.2) is 60.1 Å². The minimum absolute atomic E-state index is 0.243. The van der Waals surface area contributed by atoms with Gasteiger partial charge in [0, 0.05) is 33.1 Å². The van der Waals surface area contributed by atoms with Crippen molar-refractivity contribution in [2.24, 2.45) is 0 Å². The highest BCUT2D eigenvalue weighted by Crippen LogP contribution is 2.41. The number of hydrogen-bond donors (Lipinski definition) is 3. The zero-order valence-electron chi connectivity index (χ0n) is 12.7. The second-order valence-electron chi connectivity index (χ2n) is 5.58. The number of aromatic nitrogens is 1. The maximum absolute atomic E-state index is 9.49. The predicted octanol–water partition coefficient (Wildman–Crippen LogP) is 4.50. The Kier molecular flexibility index (Phi) is 3.36. The zero-order chi connectivity index (χ0) is 16.7. The van der Waals surface area contributed by atoms with Gasteiger partial charge in [-0.2, -0.15) is 0 Å². The Morgan fingerprint density at radius 2 is 1.46 bits per heavy atom. The van der Waals surface area contributed by atoms with Crippen LogP contribution in [-0.4, -0.2) is 10.1 Å². The normalized spacial score (nSPS) is 11.0. The molecule has 5 heteroatoms. The smallest absolute Gasteiger partial charge is 0.132 e. The molecule has 5 N–H and O–H groups in total. The highest BCUT2D eigenvalue weighted by molar-refractivity contribution is 7.18. The summed E-state index contributed by atoms with van der Waals surface area (Å²) in [5.74, 6) is 0.757. The highest BCUT2D eigenvalue weighted by atomic mass is 32.1. The number of fused-ring (bicyclic) bond motifs is 1. The van der Waals surface area contributed by atoms with Gasteiger partial charge in [-0.15, -0.1) is 11.3 Å². The Bertz CT molecular complexity index is 1020. The average molecular weight is 333 g/mol. The van der Waals surface area contributed by atoms with E-state index in [9.17, 15) is 5.11 Å². The lowest BCUT2D eigenvalue weighted by Crippen LogP contribution is -1.92. The van der Waals surface area contributed by atoms with Crippen molar-refractivity contribution < 1.29 is 5.11 Å². The van der Waals surface area contributed by atoms with Crippen LogP contribution in [0.3, 0.4) is 0 Å². The number of thiophene rings is 1. The molecule has 4 rings (SSSR count). The van der Waals surface area contributed by atoms with E-state index in [-0.39, 0.29) is 5.75 Å². The minimum Gasteiger partial charge on any atom is -0.508 e. The predicted molar refractivity (Wildman–Crippen MR) is 101 cm³/mol. The van der Waals surface area contributed by atoms with E-state index in [2.05, 4.69) is 10.4 Å². The summed E-state index contributed by atoms with van der Waals surface area (Å²) in [5.41, 5.74) is 16.8. The SMILES string of the molecule is Nc1ccc(-c2csc3c(-c4ccc(O)cc4)cnc(N)c23)cc1. The van der Waals surface area contributed by atoms with Crippen LogP contribution < -0.4 is 11.5 Å². The Morgan fingerprint density at radius 1 is 0.833 bits per heavy atom. The first kappa shape index (κ1) is 14.5. The molecule has 0 aliphatic heterocycles. The number of benzene rings is 2. The van der Waals surface area contributed by atoms with Gasteiger partial charge >= 0.3 is 0 Å². The maximum Gasteiger partial charge on any atom is 0.132 e. The molecule has 118 valence electrons. The molecule has 0 amide bonds. The van der Waals surface area contributed by atoms with Crippen molar-refractivity contribution in [2.75, 3.05) is 11.5 Å². The molecular formula is C19H15N3OS. The van der Waals surface area contributed by atoms with Crippen LogP contribution in [0, 0.1) is 0 Å². The van der Waals surface area contributed by atoms with Crippen molar-refractivity contribution in [1.82, 2.24) is 4.98 Å². The molecule has 2 aromatic heterocycles. The van der Waals surface area contributed by atoms with Gasteiger partial charge in [0.25, 0.3) is 0 Å². The summed E-state index contributed by atoms with van der Waals surface area (Å²) in [7, 11) is 0. The Labute approximate surface area is 143 Å². The fourth-order valence-corrected chi connectivity index (χ4v) is 3.91. The van der Waals surface area contributed by atoms with Crippen molar-refractivity contribution in [3.05, 3.63) is 60.1 Å². The number of nitrogens with zero attached hydrogens (tertiary/aromatic N) is 1. The fraction of sp³-hybridized carbons (Fsp3) is 0. The first-order valence-corrected chi connectivity index (χ1v) is 8.32. The Balaban J connectivity index is 1.95. The Morgan fingerprint density at radius 3 is 2.17 bits per heavy atom. The quantitative estimate of drug-likeness (QED) is 0.471. The lowest BCUT2D eigenvalue weighted by molar-refractivity contribution is 0.475. The lowest BCUT2D eigenvalue weighted by Gasteiger charge is -2.07. The third-order valence-corrected chi connectivity index (χ3v) is 5.04.